The van der Waals surface area contributed by atoms with Crippen LogP contribution in [0.1, 0.15) is 29.0 Å². The fraction of sp³-hybridized carbons (Fsp3) is 0.174. The van der Waals surface area contributed by atoms with Crippen molar-refractivity contribution in [1.29, 1.82) is 0 Å². The Bertz CT molecular complexity index is 891. The zero-order valence-electron chi connectivity index (χ0n) is 14.6. The average molecular weight is 342 g/mol. The molecule has 1 amide bonds. The van der Waals surface area contributed by atoms with Crippen molar-refractivity contribution < 1.29 is 4.79 Å². The van der Waals surface area contributed by atoms with Crippen molar-refractivity contribution in [1.82, 2.24) is 0 Å². The predicted molar refractivity (Wildman–Crippen MR) is 105 cm³/mol. The molecule has 0 aromatic heterocycles. The standard InChI is InChI=1S/C23H22N2O/c24-23(19-9-5-2-6-10-19)16-21(23)18-11-13-20(14-12-18)25-22(26)15-17-7-3-1-4-8-17/h1-14,21H,15-16,24H2,(H,25,26). The van der Waals surface area contributed by atoms with Crippen LogP contribution in [-0.4, -0.2) is 5.91 Å². The molecule has 1 fully saturated rings. The zero-order valence-corrected chi connectivity index (χ0v) is 14.6. The molecule has 0 bridgehead atoms. The monoisotopic (exact) mass is 342 g/mol. The van der Waals surface area contributed by atoms with Gasteiger partial charge in [0, 0.05) is 17.1 Å². The highest BCUT2D eigenvalue weighted by atomic mass is 16.1. The Kier molecular flexibility index (Phi) is 4.31. The summed E-state index contributed by atoms with van der Waals surface area (Å²) in [6.45, 7) is 0. The van der Waals surface area contributed by atoms with Gasteiger partial charge in [0.05, 0.1) is 6.42 Å². The summed E-state index contributed by atoms with van der Waals surface area (Å²) in [7, 11) is 0. The lowest BCUT2D eigenvalue weighted by molar-refractivity contribution is -0.115. The summed E-state index contributed by atoms with van der Waals surface area (Å²) in [5.41, 5.74) is 10.5. The molecule has 1 aliphatic carbocycles. The molecule has 3 aromatic rings. The van der Waals surface area contributed by atoms with Gasteiger partial charge in [-0.15, -0.1) is 0 Å². The molecule has 3 aromatic carbocycles. The third-order valence-corrected chi connectivity index (χ3v) is 5.12. The van der Waals surface area contributed by atoms with Gasteiger partial charge in [-0.3, -0.25) is 4.79 Å². The fourth-order valence-electron chi connectivity index (χ4n) is 3.55. The normalized spacial score (nSPS) is 21.2. The van der Waals surface area contributed by atoms with Crippen LogP contribution in [0.25, 0.3) is 0 Å². The highest BCUT2D eigenvalue weighted by Gasteiger charge is 2.52. The van der Waals surface area contributed by atoms with E-state index in [1.165, 1.54) is 11.1 Å². The summed E-state index contributed by atoms with van der Waals surface area (Å²) in [5, 5.41) is 2.96. The summed E-state index contributed by atoms with van der Waals surface area (Å²) in [4.78, 5) is 12.2. The van der Waals surface area contributed by atoms with Gasteiger partial charge in [0.1, 0.15) is 0 Å². The number of anilines is 1. The Morgan fingerprint density at radius 2 is 1.54 bits per heavy atom. The number of carbonyl (C=O) groups is 1. The third kappa shape index (κ3) is 3.39. The molecular formula is C23H22N2O. The summed E-state index contributed by atoms with van der Waals surface area (Å²) < 4.78 is 0. The minimum absolute atomic E-state index is 0.00664. The van der Waals surface area contributed by atoms with Crippen LogP contribution in [0, 0.1) is 0 Å². The molecule has 2 atom stereocenters. The Hall–Kier alpha value is -2.91. The lowest BCUT2D eigenvalue weighted by Gasteiger charge is -2.12. The van der Waals surface area contributed by atoms with Gasteiger partial charge in [-0.2, -0.15) is 0 Å². The van der Waals surface area contributed by atoms with E-state index in [1.807, 2.05) is 60.7 Å². The van der Waals surface area contributed by atoms with Gasteiger partial charge in [0.2, 0.25) is 5.91 Å². The minimum Gasteiger partial charge on any atom is -0.326 e. The van der Waals surface area contributed by atoms with Crippen molar-refractivity contribution in [3.63, 3.8) is 0 Å². The number of amides is 1. The zero-order chi connectivity index (χ0) is 18.0. The van der Waals surface area contributed by atoms with E-state index >= 15 is 0 Å². The number of carbonyl (C=O) groups excluding carboxylic acids is 1. The molecule has 2 unspecified atom stereocenters. The summed E-state index contributed by atoms with van der Waals surface area (Å²) in [5.74, 6) is 0.326. The predicted octanol–water partition coefficient (Wildman–Crippen LogP) is 4.21. The van der Waals surface area contributed by atoms with Crippen LogP contribution in [0.15, 0.2) is 84.9 Å². The van der Waals surface area contributed by atoms with E-state index in [1.54, 1.807) is 0 Å². The Labute approximate surface area is 153 Å². The van der Waals surface area contributed by atoms with E-state index in [0.29, 0.717) is 12.3 Å². The minimum atomic E-state index is -0.265. The first kappa shape index (κ1) is 16.6. The van der Waals surface area contributed by atoms with Crippen molar-refractivity contribution >= 4 is 11.6 Å². The maximum atomic E-state index is 12.2. The first-order chi connectivity index (χ1) is 12.6. The second-order valence-electron chi connectivity index (χ2n) is 7.00. The van der Waals surface area contributed by atoms with E-state index in [4.69, 9.17) is 5.73 Å². The van der Waals surface area contributed by atoms with Gasteiger partial charge in [-0.1, -0.05) is 72.8 Å². The molecule has 0 heterocycles. The molecule has 1 aliphatic rings. The maximum absolute atomic E-state index is 12.2. The number of hydrogen-bond donors (Lipinski definition) is 2. The van der Waals surface area contributed by atoms with Gasteiger partial charge < -0.3 is 11.1 Å². The van der Waals surface area contributed by atoms with Gasteiger partial charge in [-0.05, 0) is 35.2 Å². The highest BCUT2D eigenvalue weighted by Crippen LogP contribution is 2.56. The van der Waals surface area contributed by atoms with E-state index < -0.39 is 0 Å². The number of benzene rings is 3. The number of hydrogen-bond acceptors (Lipinski definition) is 2. The van der Waals surface area contributed by atoms with Gasteiger partial charge in [0.15, 0.2) is 0 Å². The van der Waals surface area contributed by atoms with E-state index in [9.17, 15) is 4.79 Å². The molecule has 3 nitrogen and oxygen atoms in total. The molecule has 0 radical (unpaired) electrons. The summed E-state index contributed by atoms with van der Waals surface area (Å²) in [6.07, 6.45) is 1.34. The molecular weight excluding hydrogens is 320 g/mol. The molecule has 4 rings (SSSR count). The Balaban J connectivity index is 1.39. The molecule has 130 valence electrons. The first-order valence-electron chi connectivity index (χ1n) is 8.93. The molecule has 3 heteroatoms. The number of nitrogens with one attached hydrogen (secondary N) is 1. The number of nitrogens with two attached hydrogens (primary N) is 1. The average Bonchev–Trinajstić information content (AvgIpc) is 3.37. The SMILES string of the molecule is NC1(c2ccccc2)CC1c1ccc(NC(=O)Cc2ccccc2)cc1. The summed E-state index contributed by atoms with van der Waals surface area (Å²) >= 11 is 0. The van der Waals surface area contributed by atoms with Crippen LogP contribution in [0.5, 0.6) is 0 Å². The quantitative estimate of drug-likeness (QED) is 0.730. The second-order valence-corrected chi connectivity index (χ2v) is 7.00. The van der Waals surface area contributed by atoms with Crippen LogP contribution >= 0.6 is 0 Å². The van der Waals surface area contributed by atoms with Crippen LogP contribution < -0.4 is 11.1 Å². The van der Waals surface area contributed by atoms with Crippen molar-refractivity contribution in [2.45, 2.75) is 24.3 Å². The van der Waals surface area contributed by atoms with Crippen LogP contribution in [0.2, 0.25) is 0 Å². The number of rotatable bonds is 5. The van der Waals surface area contributed by atoms with E-state index in [0.717, 1.165) is 17.7 Å². The molecule has 0 spiro atoms. The van der Waals surface area contributed by atoms with Crippen LogP contribution in [0.4, 0.5) is 5.69 Å². The van der Waals surface area contributed by atoms with Gasteiger partial charge in [-0.25, -0.2) is 0 Å². The van der Waals surface area contributed by atoms with E-state index in [-0.39, 0.29) is 11.4 Å². The summed E-state index contributed by atoms with van der Waals surface area (Å²) in [6, 6.07) is 28.1. The largest absolute Gasteiger partial charge is 0.326 e. The third-order valence-electron chi connectivity index (χ3n) is 5.12. The topological polar surface area (TPSA) is 55.1 Å². The molecule has 0 saturated heterocycles. The highest BCUT2D eigenvalue weighted by molar-refractivity contribution is 5.92. The molecule has 26 heavy (non-hydrogen) atoms. The van der Waals surface area contributed by atoms with Crippen molar-refractivity contribution in [3.05, 3.63) is 102 Å². The van der Waals surface area contributed by atoms with E-state index in [2.05, 4.69) is 29.6 Å². The van der Waals surface area contributed by atoms with Crippen molar-refractivity contribution in [2.24, 2.45) is 5.73 Å². The molecule has 0 aliphatic heterocycles. The van der Waals surface area contributed by atoms with Crippen molar-refractivity contribution in [2.75, 3.05) is 5.32 Å². The van der Waals surface area contributed by atoms with Gasteiger partial charge in [0.25, 0.3) is 0 Å². The Morgan fingerprint density at radius 3 is 2.19 bits per heavy atom. The lowest BCUT2D eigenvalue weighted by Crippen LogP contribution is -2.21. The molecule has 3 N–H and O–H groups in total. The van der Waals surface area contributed by atoms with Gasteiger partial charge >= 0.3 is 0 Å². The first-order valence-corrected chi connectivity index (χ1v) is 8.93. The second kappa shape index (κ2) is 6.77. The van der Waals surface area contributed by atoms with Crippen LogP contribution in [-0.2, 0) is 16.8 Å². The van der Waals surface area contributed by atoms with Crippen molar-refractivity contribution in [3.8, 4) is 0 Å². The van der Waals surface area contributed by atoms with Crippen LogP contribution in [0.3, 0.4) is 0 Å². The lowest BCUT2D eigenvalue weighted by atomic mass is 9.99. The fourth-order valence-corrected chi connectivity index (χ4v) is 3.55. The molecule has 1 saturated carbocycles. The Morgan fingerprint density at radius 1 is 0.923 bits per heavy atom. The maximum Gasteiger partial charge on any atom is 0.228 e. The smallest absolute Gasteiger partial charge is 0.228 e.